The topological polar surface area (TPSA) is 51.3 Å². The summed E-state index contributed by atoms with van der Waals surface area (Å²) >= 11 is 3.43. The zero-order chi connectivity index (χ0) is 19.2. The molecule has 7 heteroatoms. The maximum atomic E-state index is 14.5. The smallest absolute Gasteiger partial charge is 0.280 e. The van der Waals surface area contributed by atoms with E-state index in [4.69, 9.17) is 5.73 Å². The first kappa shape index (κ1) is 17.7. The minimum absolute atomic E-state index is 0.0264. The van der Waals surface area contributed by atoms with E-state index in [2.05, 4.69) is 25.9 Å². The molecular weight excluding hydrogens is 419 g/mol. The van der Waals surface area contributed by atoms with E-state index in [-0.39, 0.29) is 17.1 Å². The molecule has 0 bridgehead atoms. The Kier molecular flexibility index (Phi) is 4.26. The number of aromatic nitrogens is 1. The number of aliphatic imine (C=N–C) groups is 1. The quantitative estimate of drug-likeness (QED) is 0.638. The first-order chi connectivity index (χ1) is 12.9. The Morgan fingerprint density at radius 2 is 1.74 bits per heavy atom. The molecule has 0 amide bonds. The van der Waals surface area contributed by atoms with Crippen LogP contribution >= 0.6 is 15.9 Å². The Balaban J connectivity index is 2.09. The third-order valence-electron chi connectivity index (χ3n) is 4.61. The Morgan fingerprint density at radius 3 is 2.48 bits per heavy atom. The zero-order valence-corrected chi connectivity index (χ0v) is 15.4. The van der Waals surface area contributed by atoms with Crippen molar-refractivity contribution < 1.29 is 13.2 Å². The van der Waals surface area contributed by atoms with Crippen molar-refractivity contribution in [3.63, 3.8) is 0 Å². The second kappa shape index (κ2) is 6.49. The van der Waals surface area contributed by atoms with Crippen molar-refractivity contribution in [2.24, 2.45) is 10.7 Å². The Labute approximate surface area is 161 Å². The first-order valence-corrected chi connectivity index (χ1v) is 8.88. The van der Waals surface area contributed by atoms with Crippen LogP contribution in [0.1, 0.15) is 34.4 Å². The van der Waals surface area contributed by atoms with E-state index in [0.29, 0.717) is 16.7 Å². The standard InChI is InChI=1S/C20H13BrF3N3/c21-13-4-1-3-11(9-13)20(12-7-8-26-16(10-12)18(23)24)14-5-2-6-15(22)17(14)19(25)27-20/h1-10,18H,(H2,25,27). The fourth-order valence-corrected chi connectivity index (χ4v) is 3.90. The van der Waals surface area contributed by atoms with E-state index in [1.807, 2.05) is 18.2 Å². The second-order valence-corrected chi connectivity index (χ2v) is 7.07. The molecule has 136 valence electrons. The molecular formula is C20H13BrF3N3. The van der Waals surface area contributed by atoms with Crippen molar-refractivity contribution in [2.45, 2.75) is 12.0 Å². The van der Waals surface area contributed by atoms with Crippen molar-refractivity contribution >= 4 is 21.8 Å². The number of hydrogen-bond acceptors (Lipinski definition) is 3. The van der Waals surface area contributed by atoms with Gasteiger partial charge in [-0.05, 0) is 41.5 Å². The summed E-state index contributed by atoms with van der Waals surface area (Å²) < 4.78 is 41.8. The number of hydrogen-bond donors (Lipinski definition) is 1. The highest BCUT2D eigenvalue weighted by Gasteiger charge is 2.44. The van der Waals surface area contributed by atoms with Crippen molar-refractivity contribution in [3.05, 3.63) is 99.0 Å². The molecule has 0 saturated heterocycles. The molecule has 1 unspecified atom stereocenters. The van der Waals surface area contributed by atoms with Gasteiger partial charge >= 0.3 is 0 Å². The zero-order valence-electron chi connectivity index (χ0n) is 13.8. The van der Waals surface area contributed by atoms with Gasteiger partial charge in [0.05, 0.1) is 5.56 Å². The van der Waals surface area contributed by atoms with Gasteiger partial charge < -0.3 is 5.73 Å². The number of pyridine rings is 1. The van der Waals surface area contributed by atoms with Gasteiger partial charge in [-0.1, -0.05) is 40.2 Å². The molecule has 0 radical (unpaired) electrons. The van der Waals surface area contributed by atoms with Gasteiger partial charge in [-0.3, -0.25) is 4.98 Å². The SMILES string of the molecule is NC1=NC(c2cccc(Br)c2)(c2ccnc(C(F)F)c2)c2cccc(F)c21. The highest BCUT2D eigenvalue weighted by atomic mass is 79.9. The number of alkyl halides is 2. The summed E-state index contributed by atoms with van der Waals surface area (Å²) in [5.74, 6) is -0.479. The molecule has 3 aromatic rings. The number of rotatable bonds is 3. The monoisotopic (exact) mass is 431 g/mol. The van der Waals surface area contributed by atoms with Crippen molar-refractivity contribution in [1.82, 2.24) is 4.98 Å². The maximum absolute atomic E-state index is 14.5. The predicted octanol–water partition coefficient (Wildman–Crippen LogP) is 4.93. The van der Waals surface area contributed by atoms with Gasteiger partial charge in [0.15, 0.2) is 0 Å². The van der Waals surface area contributed by atoms with Crippen molar-refractivity contribution in [2.75, 3.05) is 0 Å². The molecule has 0 saturated carbocycles. The van der Waals surface area contributed by atoms with E-state index in [9.17, 15) is 13.2 Å². The van der Waals surface area contributed by atoms with Gasteiger partial charge in [-0.25, -0.2) is 18.2 Å². The van der Waals surface area contributed by atoms with Crippen LogP contribution in [0.3, 0.4) is 0 Å². The molecule has 27 heavy (non-hydrogen) atoms. The van der Waals surface area contributed by atoms with Crippen LogP contribution in [0, 0.1) is 5.82 Å². The van der Waals surface area contributed by atoms with Gasteiger partial charge in [-0.15, -0.1) is 0 Å². The molecule has 3 nitrogen and oxygen atoms in total. The summed E-state index contributed by atoms with van der Waals surface area (Å²) in [5, 5.41) is 0. The molecule has 1 atom stereocenters. The summed E-state index contributed by atoms with van der Waals surface area (Å²) in [5.41, 5.74) is 6.27. The Hall–Kier alpha value is -2.67. The van der Waals surface area contributed by atoms with Crippen molar-refractivity contribution in [3.8, 4) is 0 Å². The molecule has 1 aromatic heterocycles. The normalized spacial score (nSPS) is 18.5. The average molecular weight is 432 g/mol. The van der Waals surface area contributed by atoms with Gasteiger partial charge in [0.1, 0.15) is 22.9 Å². The van der Waals surface area contributed by atoms with E-state index < -0.39 is 17.8 Å². The molecule has 2 N–H and O–H groups in total. The summed E-state index contributed by atoms with van der Waals surface area (Å²) in [7, 11) is 0. The molecule has 2 heterocycles. The highest BCUT2D eigenvalue weighted by molar-refractivity contribution is 9.10. The average Bonchev–Trinajstić information content (AvgIpc) is 2.97. The number of fused-ring (bicyclic) bond motifs is 1. The van der Waals surface area contributed by atoms with Crippen LogP contribution in [0.15, 0.2) is 70.3 Å². The predicted molar refractivity (Wildman–Crippen MR) is 100 cm³/mol. The lowest BCUT2D eigenvalue weighted by Gasteiger charge is -2.29. The number of amidine groups is 1. The van der Waals surface area contributed by atoms with E-state index in [1.165, 1.54) is 18.3 Å². The maximum Gasteiger partial charge on any atom is 0.280 e. The van der Waals surface area contributed by atoms with E-state index >= 15 is 0 Å². The molecule has 1 aliphatic heterocycles. The number of nitrogens with two attached hydrogens (primary N) is 1. The highest BCUT2D eigenvalue weighted by Crippen LogP contribution is 2.47. The Bertz CT molecular complexity index is 1070. The van der Waals surface area contributed by atoms with Crippen LogP contribution in [-0.2, 0) is 5.54 Å². The van der Waals surface area contributed by atoms with Gasteiger partial charge in [-0.2, -0.15) is 0 Å². The van der Waals surface area contributed by atoms with Crippen LogP contribution in [0.2, 0.25) is 0 Å². The lowest BCUT2D eigenvalue weighted by Crippen LogP contribution is -2.26. The van der Waals surface area contributed by atoms with Crippen LogP contribution in [-0.4, -0.2) is 10.8 Å². The minimum Gasteiger partial charge on any atom is -0.383 e. The molecule has 1 aliphatic rings. The van der Waals surface area contributed by atoms with E-state index in [1.54, 1.807) is 24.3 Å². The third-order valence-corrected chi connectivity index (χ3v) is 5.11. The van der Waals surface area contributed by atoms with Crippen molar-refractivity contribution in [1.29, 1.82) is 0 Å². The second-order valence-electron chi connectivity index (χ2n) is 6.15. The number of nitrogens with zero attached hydrogens (tertiary/aromatic N) is 2. The summed E-state index contributed by atoms with van der Waals surface area (Å²) in [6, 6.07) is 14.7. The molecule has 0 spiro atoms. The molecule has 0 aliphatic carbocycles. The molecule has 4 rings (SSSR count). The lowest BCUT2D eigenvalue weighted by atomic mass is 9.77. The van der Waals surface area contributed by atoms with Gasteiger partial charge in [0.25, 0.3) is 6.43 Å². The fourth-order valence-electron chi connectivity index (χ4n) is 3.50. The van der Waals surface area contributed by atoms with Crippen LogP contribution in [0.5, 0.6) is 0 Å². The lowest BCUT2D eigenvalue weighted by molar-refractivity contribution is 0.146. The fraction of sp³-hybridized carbons (Fsp3) is 0.100. The molecule has 0 fully saturated rings. The number of halogens is 4. The summed E-state index contributed by atoms with van der Waals surface area (Å²) in [6.07, 6.45) is -1.43. The largest absolute Gasteiger partial charge is 0.383 e. The van der Waals surface area contributed by atoms with Crippen LogP contribution < -0.4 is 5.73 Å². The minimum atomic E-state index is -2.74. The van der Waals surface area contributed by atoms with Gasteiger partial charge in [0, 0.05) is 16.2 Å². The van der Waals surface area contributed by atoms with Crippen LogP contribution in [0.25, 0.3) is 0 Å². The number of benzene rings is 2. The van der Waals surface area contributed by atoms with Gasteiger partial charge in [0.2, 0.25) is 0 Å². The van der Waals surface area contributed by atoms with E-state index in [0.717, 1.165) is 4.47 Å². The first-order valence-electron chi connectivity index (χ1n) is 8.09. The van der Waals surface area contributed by atoms with Crippen LogP contribution in [0.4, 0.5) is 13.2 Å². The summed E-state index contributed by atoms with van der Waals surface area (Å²) in [4.78, 5) is 8.32. The third kappa shape index (κ3) is 2.73. The summed E-state index contributed by atoms with van der Waals surface area (Å²) in [6.45, 7) is 0. The Morgan fingerprint density at radius 1 is 1.00 bits per heavy atom. The molecule has 2 aromatic carbocycles.